The lowest BCUT2D eigenvalue weighted by atomic mass is 9.99. The Morgan fingerprint density at radius 1 is 1.13 bits per heavy atom. The number of hydrogen-bond donors (Lipinski definition) is 4. The molecule has 1 saturated heterocycles. The summed E-state index contributed by atoms with van der Waals surface area (Å²) in [7, 11) is 0. The molecule has 1 aromatic rings. The average molecular weight is 328 g/mol. The van der Waals surface area contributed by atoms with Gasteiger partial charge in [0, 0.05) is 0 Å². The molecule has 1 aliphatic heterocycles. The molecule has 23 heavy (non-hydrogen) atoms. The maximum absolute atomic E-state index is 11.5. The smallest absolute Gasteiger partial charge is 0.338 e. The molecular formula is C15H20O8. The molecule has 8 heteroatoms. The van der Waals surface area contributed by atoms with E-state index in [-0.39, 0.29) is 12.4 Å². The Balaban J connectivity index is 2.04. The molecule has 4 N–H and O–H groups in total. The number of esters is 1. The minimum absolute atomic E-state index is 0.266. The number of aliphatic hydroxyl groups is 4. The predicted molar refractivity (Wildman–Crippen MR) is 76.8 cm³/mol. The van der Waals surface area contributed by atoms with Crippen molar-refractivity contribution in [3.05, 3.63) is 29.8 Å². The van der Waals surface area contributed by atoms with E-state index in [1.165, 1.54) is 24.3 Å². The molecule has 0 aromatic heterocycles. The normalized spacial score (nSPS) is 30.7. The monoisotopic (exact) mass is 328 g/mol. The molecule has 5 unspecified atom stereocenters. The highest BCUT2D eigenvalue weighted by atomic mass is 16.7. The van der Waals surface area contributed by atoms with E-state index in [2.05, 4.69) is 0 Å². The second kappa shape index (κ2) is 7.71. The fourth-order valence-corrected chi connectivity index (χ4v) is 2.18. The molecule has 1 heterocycles. The van der Waals surface area contributed by atoms with Gasteiger partial charge in [0.1, 0.15) is 30.2 Å². The quantitative estimate of drug-likeness (QED) is 0.509. The lowest BCUT2D eigenvalue weighted by Crippen LogP contribution is -2.60. The minimum Gasteiger partial charge on any atom is -0.462 e. The fourth-order valence-electron chi connectivity index (χ4n) is 2.18. The number of rotatable bonds is 5. The molecule has 0 amide bonds. The van der Waals surface area contributed by atoms with Gasteiger partial charge in [-0.25, -0.2) is 4.79 Å². The van der Waals surface area contributed by atoms with Crippen molar-refractivity contribution in [2.24, 2.45) is 0 Å². The van der Waals surface area contributed by atoms with Gasteiger partial charge in [-0.1, -0.05) is 0 Å². The molecule has 0 radical (unpaired) electrons. The second-order valence-corrected chi connectivity index (χ2v) is 5.06. The molecule has 8 nitrogen and oxygen atoms in total. The van der Waals surface area contributed by atoms with Crippen LogP contribution in [0.5, 0.6) is 5.75 Å². The van der Waals surface area contributed by atoms with E-state index in [4.69, 9.17) is 19.3 Å². The van der Waals surface area contributed by atoms with E-state index < -0.39 is 43.3 Å². The van der Waals surface area contributed by atoms with E-state index in [0.717, 1.165) is 0 Å². The van der Waals surface area contributed by atoms with Crippen LogP contribution in [0.1, 0.15) is 17.3 Å². The summed E-state index contributed by atoms with van der Waals surface area (Å²) in [5, 5.41) is 38.4. The van der Waals surface area contributed by atoms with Gasteiger partial charge in [0.05, 0.1) is 18.8 Å². The molecule has 0 bridgehead atoms. The van der Waals surface area contributed by atoms with Crippen molar-refractivity contribution in [3.63, 3.8) is 0 Å². The summed E-state index contributed by atoms with van der Waals surface area (Å²) < 4.78 is 15.5. The first kappa shape index (κ1) is 17.6. The van der Waals surface area contributed by atoms with Crippen molar-refractivity contribution in [2.45, 2.75) is 37.6 Å². The zero-order valence-corrected chi connectivity index (χ0v) is 12.5. The molecule has 0 spiro atoms. The Hall–Kier alpha value is -1.71. The molecule has 5 atom stereocenters. The fraction of sp³-hybridized carbons (Fsp3) is 0.533. The number of aliphatic hydroxyl groups excluding tert-OH is 4. The molecule has 128 valence electrons. The summed E-state index contributed by atoms with van der Waals surface area (Å²) >= 11 is 0. The van der Waals surface area contributed by atoms with Crippen molar-refractivity contribution in [2.75, 3.05) is 13.2 Å². The van der Waals surface area contributed by atoms with E-state index in [9.17, 15) is 20.1 Å². The minimum atomic E-state index is -1.51. The standard InChI is InChI=1S/C15H20O8/c1-2-21-14(20)8-3-5-9(6-4-8)22-15-13(19)12(18)11(17)10(7-16)23-15/h3-6,10-13,15-19H,2,7H2,1H3. The lowest BCUT2D eigenvalue weighted by molar-refractivity contribution is -0.277. The number of benzene rings is 1. The third-order valence-electron chi connectivity index (χ3n) is 3.47. The summed E-state index contributed by atoms with van der Waals surface area (Å²) in [4.78, 5) is 11.5. The molecule has 1 aliphatic rings. The molecule has 2 rings (SSSR count). The van der Waals surface area contributed by atoms with Crippen LogP contribution in [0.15, 0.2) is 24.3 Å². The summed E-state index contributed by atoms with van der Waals surface area (Å²) in [6.07, 6.45) is -6.75. The number of ether oxygens (including phenoxy) is 3. The molecule has 0 aliphatic carbocycles. The van der Waals surface area contributed by atoms with Crippen LogP contribution in [0, 0.1) is 0 Å². The van der Waals surface area contributed by atoms with E-state index in [1.807, 2.05) is 0 Å². The SMILES string of the molecule is CCOC(=O)c1ccc(OC2OC(CO)C(O)C(O)C2O)cc1. The van der Waals surface area contributed by atoms with Crippen LogP contribution in [0.2, 0.25) is 0 Å². The number of carbonyl (C=O) groups is 1. The second-order valence-electron chi connectivity index (χ2n) is 5.06. The summed E-state index contributed by atoms with van der Waals surface area (Å²) in [6.45, 7) is 1.43. The van der Waals surface area contributed by atoms with Crippen LogP contribution in [0.25, 0.3) is 0 Å². The van der Waals surface area contributed by atoms with Crippen LogP contribution in [0.4, 0.5) is 0 Å². The Morgan fingerprint density at radius 3 is 2.35 bits per heavy atom. The maximum Gasteiger partial charge on any atom is 0.338 e. The van der Waals surface area contributed by atoms with Crippen molar-refractivity contribution < 1.29 is 39.4 Å². The lowest BCUT2D eigenvalue weighted by Gasteiger charge is -2.39. The molecular weight excluding hydrogens is 308 g/mol. The first-order valence-electron chi connectivity index (χ1n) is 7.22. The van der Waals surface area contributed by atoms with Gasteiger partial charge in [0.15, 0.2) is 0 Å². The van der Waals surface area contributed by atoms with Gasteiger partial charge in [-0.05, 0) is 31.2 Å². The zero-order chi connectivity index (χ0) is 17.0. The predicted octanol–water partition coefficient (Wildman–Crippen LogP) is -0.958. The highest BCUT2D eigenvalue weighted by molar-refractivity contribution is 5.89. The first-order chi connectivity index (χ1) is 11.0. The number of hydrogen-bond acceptors (Lipinski definition) is 8. The third-order valence-corrected chi connectivity index (χ3v) is 3.47. The summed E-state index contributed by atoms with van der Waals surface area (Å²) in [5.41, 5.74) is 0.341. The first-order valence-corrected chi connectivity index (χ1v) is 7.22. The highest BCUT2D eigenvalue weighted by Crippen LogP contribution is 2.24. The van der Waals surface area contributed by atoms with Gasteiger partial charge in [-0.2, -0.15) is 0 Å². The maximum atomic E-state index is 11.5. The van der Waals surface area contributed by atoms with Gasteiger partial charge >= 0.3 is 5.97 Å². The Labute approximate surface area is 132 Å². The Kier molecular flexibility index (Phi) is 5.91. The largest absolute Gasteiger partial charge is 0.462 e. The molecule has 0 saturated carbocycles. The van der Waals surface area contributed by atoms with E-state index >= 15 is 0 Å². The summed E-state index contributed by atoms with van der Waals surface area (Å²) in [6, 6.07) is 5.93. The van der Waals surface area contributed by atoms with Gasteiger partial charge in [0.2, 0.25) is 6.29 Å². The molecule has 1 fully saturated rings. The van der Waals surface area contributed by atoms with Gasteiger partial charge in [-0.15, -0.1) is 0 Å². The van der Waals surface area contributed by atoms with Crippen molar-refractivity contribution in [3.8, 4) is 5.75 Å². The summed E-state index contributed by atoms with van der Waals surface area (Å²) in [5.74, 6) is -0.186. The van der Waals surface area contributed by atoms with Crippen LogP contribution in [-0.2, 0) is 9.47 Å². The number of carbonyl (C=O) groups excluding carboxylic acids is 1. The van der Waals surface area contributed by atoms with Gasteiger partial charge in [0.25, 0.3) is 0 Å². The van der Waals surface area contributed by atoms with E-state index in [0.29, 0.717) is 5.56 Å². The third kappa shape index (κ3) is 3.98. The van der Waals surface area contributed by atoms with Crippen LogP contribution in [0.3, 0.4) is 0 Å². The van der Waals surface area contributed by atoms with Gasteiger partial charge < -0.3 is 34.6 Å². The van der Waals surface area contributed by atoms with Crippen molar-refractivity contribution >= 4 is 5.97 Å². The Morgan fingerprint density at radius 2 is 1.78 bits per heavy atom. The van der Waals surface area contributed by atoms with Crippen LogP contribution >= 0.6 is 0 Å². The average Bonchev–Trinajstić information content (AvgIpc) is 2.56. The molecule has 1 aromatic carbocycles. The highest BCUT2D eigenvalue weighted by Gasteiger charge is 2.44. The van der Waals surface area contributed by atoms with Crippen LogP contribution in [-0.4, -0.2) is 70.3 Å². The topological polar surface area (TPSA) is 126 Å². The van der Waals surface area contributed by atoms with Crippen molar-refractivity contribution in [1.29, 1.82) is 0 Å². The van der Waals surface area contributed by atoms with Crippen molar-refractivity contribution in [1.82, 2.24) is 0 Å². The van der Waals surface area contributed by atoms with Crippen LogP contribution < -0.4 is 4.74 Å². The van der Waals surface area contributed by atoms with E-state index in [1.54, 1.807) is 6.92 Å². The Bertz CT molecular complexity index is 515. The zero-order valence-electron chi connectivity index (χ0n) is 12.5. The van der Waals surface area contributed by atoms with Gasteiger partial charge in [-0.3, -0.25) is 0 Å².